The Morgan fingerprint density at radius 2 is 1.80 bits per heavy atom. The molecule has 0 radical (unpaired) electrons. The molecule has 0 fully saturated rings. The summed E-state index contributed by atoms with van der Waals surface area (Å²) in [6.45, 7) is 11.2. The van der Waals surface area contributed by atoms with Gasteiger partial charge in [0.25, 0.3) is 5.91 Å². The van der Waals surface area contributed by atoms with Crippen molar-refractivity contribution in [3.05, 3.63) is 28.0 Å². The molecule has 1 heterocycles. The summed E-state index contributed by atoms with van der Waals surface area (Å²) in [6.07, 6.45) is -0.549. The highest BCUT2D eigenvalue weighted by atomic mass is 35.5. The fourth-order valence-corrected chi connectivity index (χ4v) is 2.20. The molecule has 2 amide bonds. The third-order valence-corrected chi connectivity index (χ3v) is 4.21. The van der Waals surface area contributed by atoms with Gasteiger partial charge in [-0.2, -0.15) is 0 Å². The molecule has 0 spiro atoms. The third-order valence-electron chi connectivity index (χ3n) is 3.70. The molecule has 0 aliphatic heterocycles. The number of nitrogens with zero attached hydrogens (tertiary/aromatic N) is 1. The molecule has 6 nitrogen and oxygen atoms in total. The molecular formula is C17H25Cl2N3O3. The second-order valence-corrected chi connectivity index (χ2v) is 8.14. The molecule has 1 atom stereocenters. The van der Waals surface area contributed by atoms with E-state index < -0.39 is 23.1 Å². The molecule has 0 aliphatic rings. The maximum absolute atomic E-state index is 12.6. The number of carbonyl (C=O) groups excluding carboxylic acids is 2. The van der Waals surface area contributed by atoms with Crippen LogP contribution in [0.5, 0.6) is 0 Å². The van der Waals surface area contributed by atoms with Crippen LogP contribution in [0, 0.1) is 5.92 Å². The number of alkyl carbamates (subject to hydrolysis) is 1. The van der Waals surface area contributed by atoms with E-state index in [1.807, 2.05) is 20.8 Å². The smallest absolute Gasteiger partial charge is 0.407 e. The van der Waals surface area contributed by atoms with Crippen LogP contribution >= 0.6 is 23.2 Å². The minimum absolute atomic E-state index is 0.0179. The van der Waals surface area contributed by atoms with E-state index in [0.717, 1.165) is 0 Å². The molecule has 1 aromatic rings. The molecule has 0 saturated heterocycles. The average molecular weight is 390 g/mol. The number of rotatable bonds is 5. The van der Waals surface area contributed by atoms with E-state index in [1.54, 1.807) is 20.8 Å². The van der Waals surface area contributed by atoms with Crippen LogP contribution in [0.3, 0.4) is 0 Å². The molecule has 8 heteroatoms. The number of ether oxygens (including phenoxy) is 1. The topological polar surface area (TPSA) is 80.3 Å². The Bertz CT molecular complexity index is 645. The number of carbonyl (C=O) groups is 2. The van der Waals surface area contributed by atoms with Crippen LogP contribution in [-0.2, 0) is 4.74 Å². The van der Waals surface area contributed by atoms with Gasteiger partial charge in [-0.1, -0.05) is 37.0 Å². The van der Waals surface area contributed by atoms with Crippen molar-refractivity contribution in [3.63, 3.8) is 0 Å². The van der Waals surface area contributed by atoms with E-state index in [2.05, 4.69) is 15.6 Å². The van der Waals surface area contributed by atoms with Crippen LogP contribution in [0.2, 0.25) is 10.2 Å². The molecule has 1 aromatic heterocycles. The summed E-state index contributed by atoms with van der Waals surface area (Å²) >= 11 is 11.9. The highest BCUT2D eigenvalue weighted by Gasteiger charge is 2.32. The molecule has 2 N–H and O–H groups in total. The SMILES string of the molecule is CC(C)C(C)(CNC(=O)OC(C)(C)C)NC(=O)c1nc(Cl)ccc1Cl. The summed E-state index contributed by atoms with van der Waals surface area (Å²) in [5.74, 6) is -0.445. The molecule has 1 unspecified atom stereocenters. The minimum Gasteiger partial charge on any atom is -0.444 e. The van der Waals surface area contributed by atoms with Gasteiger partial charge in [-0.05, 0) is 45.7 Å². The molecular weight excluding hydrogens is 365 g/mol. The normalized spacial score (nSPS) is 14.0. The fourth-order valence-electron chi connectivity index (χ4n) is 1.86. The van der Waals surface area contributed by atoms with E-state index in [0.29, 0.717) is 0 Å². The number of nitrogens with one attached hydrogen (secondary N) is 2. The van der Waals surface area contributed by atoms with Gasteiger partial charge < -0.3 is 15.4 Å². The maximum Gasteiger partial charge on any atom is 0.407 e. The van der Waals surface area contributed by atoms with E-state index in [4.69, 9.17) is 27.9 Å². The Morgan fingerprint density at radius 3 is 2.32 bits per heavy atom. The summed E-state index contributed by atoms with van der Waals surface area (Å²) in [4.78, 5) is 28.4. The van der Waals surface area contributed by atoms with Crippen LogP contribution in [0.15, 0.2) is 12.1 Å². The van der Waals surface area contributed by atoms with E-state index in [9.17, 15) is 9.59 Å². The fraction of sp³-hybridized carbons (Fsp3) is 0.588. The van der Waals surface area contributed by atoms with Gasteiger partial charge in [0.1, 0.15) is 16.4 Å². The van der Waals surface area contributed by atoms with Crippen LogP contribution < -0.4 is 10.6 Å². The first-order chi connectivity index (χ1) is 11.3. The Morgan fingerprint density at radius 1 is 1.20 bits per heavy atom. The van der Waals surface area contributed by atoms with Crippen molar-refractivity contribution in [3.8, 4) is 0 Å². The lowest BCUT2D eigenvalue weighted by Gasteiger charge is -2.35. The predicted octanol–water partition coefficient (Wildman–Crippen LogP) is 4.06. The van der Waals surface area contributed by atoms with E-state index >= 15 is 0 Å². The number of pyridine rings is 1. The van der Waals surface area contributed by atoms with Crippen LogP contribution in [0.1, 0.15) is 52.0 Å². The lowest BCUT2D eigenvalue weighted by atomic mass is 9.88. The lowest BCUT2D eigenvalue weighted by molar-refractivity contribution is 0.0497. The first-order valence-electron chi connectivity index (χ1n) is 7.95. The first kappa shape index (κ1) is 21.5. The molecule has 0 saturated carbocycles. The van der Waals surface area contributed by atoms with Gasteiger partial charge in [-0.15, -0.1) is 0 Å². The van der Waals surface area contributed by atoms with Crippen molar-refractivity contribution in [2.75, 3.05) is 6.54 Å². The van der Waals surface area contributed by atoms with Crippen LogP contribution in [0.25, 0.3) is 0 Å². The van der Waals surface area contributed by atoms with Gasteiger partial charge in [0.05, 0.1) is 10.6 Å². The van der Waals surface area contributed by atoms with Crippen molar-refractivity contribution in [1.29, 1.82) is 0 Å². The molecule has 25 heavy (non-hydrogen) atoms. The quantitative estimate of drug-likeness (QED) is 0.743. The number of hydrogen-bond acceptors (Lipinski definition) is 4. The summed E-state index contributed by atoms with van der Waals surface area (Å²) in [6, 6.07) is 3.02. The summed E-state index contributed by atoms with van der Waals surface area (Å²) in [5.41, 5.74) is -1.29. The summed E-state index contributed by atoms with van der Waals surface area (Å²) in [7, 11) is 0. The van der Waals surface area contributed by atoms with Crippen molar-refractivity contribution >= 4 is 35.2 Å². The van der Waals surface area contributed by atoms with Gasteiger partial charge >= 0.3 is 6.09 Å². The van der Waals surface area contributed by atoms with Gasteiger partial charge in [0.15, 0.2) is 0 Å². The van der Waals surface area contributed by atoms with Crippen molar-refractivity contribution < 1.29 is 14.3 Å². The minimum atomic E-state index is -0.735. The zero-order valence-electron chi connectivity index (χ0n) is 15.4. The highest BCUT2D eigenvalue weighted by molar-refractivity contribution is 6.34. The lowest BCUT2D eigenvalue weighted by Crippen LogP contribution is -2.57. The summed E-state index contributed by atoms with van der Waals surface area (Å²) in [5, 5.41) is 5.94. The molecule has 0 aliphatic carbocycles. The highest BCUT2D eigenvalue weighted by Crippen LogP contribution is 2.20. The number of halogens is 2. The predicted molar refractivity (Wildman–Crippen MR) is 99.2 cm³/mol. The number of aromatic nitrogens is 1. The zero-order valence-corrected chi connectivity index (χ0v) is 16.9. The summed E-state index contributed by atoms with van der Waals surface area (Å²) < 4.78 is 5.22. The van der Waals surface area contributed by atoms with E-state index in [1.165, 1.54) is 12.1 Å². The molecule has 0 bridgehead atoms. The Hall–Kier alpha value is -1.53. The first-order valence-corrected chi connectivity index (χ1v) is 8.71. The number of amides is 2. The molecule has 1 rings (SSSR count). The second-order valence-electron chi connectivity index (χ2n) is 7.35. The van der Waals surface area contributed by atoms with Crippen molar-refractivity contribution in [1.82, 2.24) is 15.6 Å². The van der Waals surface area contributed by atoms with Crippen molar-refractivity contribution in [2.24, 2.45) is 5.92 Å². The largest absolute Gasteiger partial charge is 0.444 e. The maximum atomic E-state index is 12.6. The van der Waals surface area contributed by atoms with Gasteiger partial charge in [-0.25, -0.2) is 9.78 Å². The molecule has 0 aromatic carbocycles. The Kier molecular flexibility index (Phi) is 7.08. The van der Waals surface area contributed by atoms with E-state index in [-0.39, 0.29) is 28.3 Å². The van der Waals surface area contributed by atoms with Crippen molar-refractivity contribution in [2.45, 2.75) is 52.7 Å². The van der Waals surface area contributed by atoms with Crippen LogP contribution in [-0.4, -0.2) is 34.7 Å². The second kappa shape index (κ2) is 8.23. The van der Waals surface area contributed by atoms with Gasteiger partial charge in [0, 0.05) is 6.54 Å². The Balaban J connectivity index is 2.86. The van der Waals surface area contributed by atoms with Gasteiger partial charge in [0.2, 0.25) is 0 Å². The Labute approximate surface area is 158 Å². The monoisotopic (exact) mass is 389 g/mol. The third kappa shape index (κ3) is 6.71. The standard InChI is InChI=1S/C17H25Cl2N3O3/c1-10(2)17(6,9-20-15(24)25-16(3,4)5)22-14(23)13-11(18)7-8-12(19)21-13/h7-8,10H,9H2,1-6H3,(H,20,24)(H,22,23). The van der Waals surface area contributed by atoms with Crippen LogP contribution in [0.4, 0.5) is 4.79 Å². The molecule has 140 valence electrons. The number of hydrogen-bond donors (Lipinski definition) is 2. The van der Waals surface area contributed by atoms with Gasteiger partial charge in [-0.3, -0.25) is 4.79 Å². The average Bonchev–Trinajstić information content (AvgIpc) is 2.45. The zero-order chi connectivity index (χ0) is 19.4.